The van der Waals surface area contributed by atoms with Gasteiger partial charge in [-0.05, 0) is 33.3 Å². The van der Waals surface area contributed by atoms with Crippen LogP contribution in [0.3, 0.4) is 0 Å². The Morgan fingerprint density at radius 3 is 2.76 bits per heavy atom. The molecule has 0 aliphatic heterocycles. The molecular formula is C12H18N2O2S. The van der Waals surface area contributed by atoms with Crippen LogP contribution >= 0.6 is 11.8 Å². The van der Waals surface area contributed by atoms with Gasteiger partial charge in [0.25, 0.3) is 0 Å². The van der Waals surface area contributed by atoms with Gasteiger partial charge >= 0.3 is 5.97 Å². The average Bonchev–Trinajstić information content (AvgIpc) is 2.24. The van der Waals surface area contributed by atoms with Crippen LogP contribution in [0.15, 0.2) is 11.1 Å². The summed E-state index contributed by atoms with van der Waals surface area (Å²) in [4.78, 5) is 19.9. The van der Waals surface area contributed by atoms with E-state index in [0.717, 1.165) is 23.0 Å². The molecule has 0 atom stereocenters. The van der Waals surface area contributed by atoms with Crippen LogP contribution in [-0.4, -0.2) is 27.8 Å². The Kier molecular flexibility index (Phi) is 5.41. The molecule has 1 aromatic heterocycles. The highest BCUT2D eigenvalue weighted by Crippen LogP contribution is 2.17. The standard InChI is InChI=1S/C12H18N2O2S/c1-5-10-6-11(14-9(4)13-10)17-7-12(15)16-8(2)3/h6,8H,5,7H2,1-4H3. The Hall–Kier alpha value is -1.10. The lowest BCUT2D eigenvalue weighted by atomic mass is 10.3. The summed E-state index contributed by atoms with van der Waals surface area (Å²) >= 11 is 1.39. The van der Waals surface area contributed by atoms with E-state index in [-0.39, 0.29) is 17.8 Å². The lowest BCUT2D eigenvalue weighted by Gasteiger charge is -2.07. The summed E-state index contributed by atoms with van der Waals surface area (Å²) in [6.45, 7) is 7.58. The number of esters is 1. The van der Waals surface area contributed by atoms with E-state index in [0.29, 0.717) is 0 Å². The second kappa shape index (κ2) is 6.59. The zero-order valence-corrected chi connectivity index (χ0v) is 11.5. The van der Waals surface area contributed by atoms with Crippen molar-refractivity contribution >= 4 is 17.7 Å². The van der Waals surface area contributed by atoms with Crippen LogP contribution in [0.1, 0.15) is 32.3 Å². The van der Waals surface area contributed by atoms with Crippen molar-refractivity contribution in [2.24, 2.45) is 0 Å². The Morgan fingerprint density at radius 1 is 1.47 bits per heavy atom. The Labute approximate surface area is 106 Å². The number of hydrogen-bond acceptors (Lipinski definition) is 5. The molecule has 0 amide bonds. The molecule has 1 heterocycles. The largest absolute Gasteiger partial charge is 0.462 e. The molecule has 0 saturated heterocycles. The van der Waals surface area contributed by atoms with Crippen molar-refractivity contribution in [1.82, 2.24) is 9.97 Å². The molecule has 1 rings (SSSR count). The maximum Gasteiger partial charge on any atom is 0.316 e. The zero-order valence-electron chi connectivity index (χ0n) is 10.7. The topological polar surface area (TPSA) is 52.1 Å². The van der Waals surface area contributed by atoms with E-state index in [1.165, 1.54) is 11.8 Å². The van der Waals surface area contributed by atoms with Crippen LogP contribution in [0, 0.1) is 6.92 Å². The molecule has 1 aromatic rings. The van der Waals surface area contributed by atoms with Crippen LogP contribution in [0.5, 0.6) is 0 Å². The van der Waals surface area contributed by atoms with Gasteiger partial charge in [-0.3, -0.25) is 4.79 Å². The van der Waals surface area contributed by atoms with Crippen molar-refractivity contribution in [3.8, 4) is 0 Å². The van der Waals surface area contributed by atoms with Gasteiger partial charge < -0.3 is 4.74 Å². The first-order valence-electron chi connectivity index (χ1n) is 5.68. The van der Waals surface area contributed by atoms with E-state index < -0.39 is 0 Å². The molecule has 0 radical (unpaired) electrons. The van der Waals surface area contributed by atoms with Crippen LogP contribution in [0.2, 0.25) is 0 Å². The normalized spacial score (nSPS) is 10.6. The second-order valence-corrected chi connectivity index (χ2v) is 4.92. The number of carbonyl (C=O) groups excluding carboxylic acids is 1. The molecule has 0 saturated carbocycles. The van der Waals surface area contributed by atoms with E-state index in [1.54, 1.807) is 0 Å². The monoisotopic (exact) mass is 254 g/mol. The molecule has 0 N–H and O–H groups in total. The highest BCUT2D eigenvalue weighted by Gasteiger charge is 2.08. The third-order valence-electron chi connectivity index (χ3n) is 1.93. The number of nitrogens with zero attached hydrogens (tertiary/aromatic N) is 2. The van der Waals surface area contributed by atoms with Crippen molar-refractivity contribution in [3.63, 3.8) is 0 Å². The van der Waals surface area contributed by atoms with Crippen molar-refractivity contribution in [2.75, 3.05) is 5.75 Å². The zero-order chi connectivity index (χ0) is 12.8. The van der Waals surface area contributed by atoms with Crippen LogP contribution in [0.4, 0.5) is 0 Å². The lowest BCUT2D eigenvalue weighted by molar-refractivity contribution is -0.144. The number of aromatic nitrogens is 2. The molecular weight excluding hydrogens is 236 g/mol. The first-order valence-corrected chi connectivity index (χ1v) is 6.66. The molecule has 5 heteroatoms. The minimum Gasteiger partial charge on any atom is -0.462 e. The molecule has 94 valence electrons. The van der Waals surface area contributed by atoms with Crippen molar-refractivity contribution < 1.29 is 9.53 Å². The molecule has 0 aromatic carbocycles. The predicted octanol–water partition coefficient (Wildman–Crippen LogP) is 2.39. The average molecular weight is 254 g/mol. The first-order chi connectivity index (χ1) is 8.01. The van der Waals surface area contributed by atoms with E-state index in [4.69, 9.17) is 4.74 Å². The van der Waals surface area contributed by atoms with E-state index in [2.05, 4.69) is 9.97 Å². The minimum atomic E-state index is -0.209. The molecule has 0 fully saturated rings. The van der Waals surface area contributed by atoms with Gasteiger partial charge in [0.1, 0.15) is 10.9 Å². The number of aryl methyl sites for hydroxylation is 2. The number of hydrogen-bond donors (Lipinski definition) is 0. The maximum absolute atomic E-state index is 11.4. The number of ether oxygens (including phenoxy) is 1. The van der Waals surface area contributed by atoms with Gasteiger partial charge in [-0.15, -0.1) is 0 Å². The fourth-order valence-corrected chi connectivity index (χ4v) is 2.03. The fraction of sp³-hybridized carbons (Fsp3) is 0.583. The van der Waals surface area contributed by atoms with E-state index in [1.807, 2.05) is 33.8 Å². The minimum absolute atomic E-state index is 0.0681. The Balaban J connectivity index is 2.57. The fourth-order valence-electron chi connectivity index (χ4n) is 1.28. The second-order valence-electron chi connectivity index (χ2n) is 3.93. The predicted molar refractivity (Wildman–Crippen MR) is 68.1 cm³/mol. The summed E-state index contributed by atoms with van der Waals surface area (Å²) in [5.74, 6) is 0.820. The molecule has 0 spiro atoms. The Bertz CT molecular complexity index is 394. The van der Waals surface area contributed by atoms with Gasteiger partial charge in [-0.1, -0.05) is 18.7 Å². The summed E-state index contributed by atoms with van der Waals surface area (Å²) in [5, 5.41) is 0.829. The van der Waals surface area contributed by atoms with E-state index >= 15 is 0 Å². The van der Waals surface area contributed by atoms with Crippen LogP contribution in [-0.2, 0) is 16.0 Å². The SMILES string of the molecule is CCc1cc(SCC(=O)OC(C)C)nc(C)n1. The molecule has 0 unspecified atom stereocenters. The Morgan fingerprint density at radius 2 is 2.18 bits per heavy atom. The van der Waals surface area contributed by atoms with Gasteiger partial charge in [0, 0.05) is 5.69 Å². The van der Waals surface area contributed by atoms with Crippen molar-refractivity contribution in [2.45, 2.75) is 45.2 Å². The van der Waals surface area contributed by atoms with Crippen molar-refractivity contribution in [3.05, 3.63) is 17.6 Å². The van der Waals surface area contributed by atoms with Gasteiger partial charge in [0.05, 0.1) is 11.9 Å². The van der Waals surface area contributed by atoms with Crippen molar-refractivity contribution in [1.29, 1.82) is 0 Å². The number of carbonyl (C=O) groups is 1. The number of rotatable bonds is 5. The molecule has 0 aliphatic carbocycles. The third kappa shape index (κ3) is 5.17. The molecule has 4 nitrogen and oxygen atoms in total. The summed E-state index contributed by atoms with van der Waals surface area (Å²) in [6.07, 6.45) is 0.800. The summed E-state index contributed by atoms with van der Waals surface area (Å²) < 4.78 is 5.06. The van der Waals surface area contributed by atoms with Gasteiger partial charge in [0.15, 0.2) is 0 Å². The molecule has 0 aliphatic rings. The summed E-state index contributed by atoms with van der Waals surface area (Å²) in [5.41, 5.74) is 0.997. The highest BCUT2D eigenvalue weighted by molar-refractivity contribution is 7.99. The lowest BCUT2D eigenvalue weighted by Crippen LogP contribution is -2.13. The number of thioether (sulfide) groups is 1. The smallest absolute Gasteiger partial charge is 0.316 e. The summed E-state index contributed by atoms with van der Waals surface area (Å²) in [7, 11) is 0. The van der Waals surface area contributed by atoms with Gasteiger partial charge in [-0.25, -0.2) is 9.97 Å². The highest BCUT2D eigenvalue weighted by atomic mass is 32.2. The van der Waals surface area contributed by atoms with E-state index in [9.17, 15) is 4.79 Å². The molecule has 0 bridgehead atoms. The van der Waals surface area contributed by atoms with Gasteiger partial charge in [0.2, 0.25) is 0 Å². The third-order valence-corrected chi connectivity index (χ3v) is 2.82. The van der Waals surface area contributed by atoms with Gasteiger partial charge in [-0.2, -0.15) is 0 Å². The summed E-state index contributed by atoms with van der Waals surface area (Å²) in [6, 6.07) is 1.92. The molecule has 17 heavy (non-hydrogen) atoms. The first kappa shape index (κ1) is 14.0. The van der Waals surface area contributed by atoms with Crippen LogP contribution in [0.25, 0.3) is 0 Å². The quantitative estimate of drug-likeness (QED) is 0.459. The maximum atomic E-state index is 11.4. The van der Waals surface area contributed by atoms with Crippen LogP contribution < -0.4 is 0 Å².